The molecule has 38 heavy (non-hydrogen) atoms. The van der Waals surface area contributed by atoms with Crippen molar-refractivity contribution in [3.63, 3.8) is 0 Å². The average Bonchev–Trinajstić information content (AvgIpc) is 2.87. The molecule has 2 heterocycles. The number of amides is 1. The number of methoxy groups -OCH3 is 1. The van der Waals surface area contributed by atoms with Crippen LogP contribution in [0.5, 0.6) is 5.75 Å². The number of hydrogen-bond donors (Lipinski definition) is 0. The number of rotatable bonds is 11. The van der Waals surface area contributed by atoms with E-state index in [2.05, 4.69) is 9.88 Å². The topological polar surface area (TPSA) is 86.3 Å². The zero-order valence-electron chi connectivity index (χ0n) is 23.0. The molecule has 0 unspecified atom stereocenters. The molecule has 0 atom stereocenters. The van der Waals surface area contributed by atoms with E-state index >= 15 is 0 Å². The number of ether oxygens (including phenoxy) is 1. The first-order chi connectivity index (χ1) is 17.5. The van der Waals surface area contributed by atoms with Crippen molar-refractivity contribution in [3.8, 4) is 5.75 Å². The van der Waals surface area contributed by atoms with Gasteiger partial charge in [0.05, 0.1) is 18.6 Å². The Balaban J connectivity index is 0.00000507. The number of anilines is 1. The largest absolute Gasteiger partial charge is 0.497 e. The van der Waals surface area contributed by atoms with Gasteiger partial charge in [-0.3, -0.25) is 14.7 Å². The van der Waals surface area contributed by atoms with Gasteiger partial charge in [-0.2, -0.15) is 4.31 Å². The van der Waals surface area contributed by atoms with Crippen molar-refractivity contribution < 1.29 is 17.9 Å². The van der Waals surface area contributed by atoms with Crippen LogP contribution in [0.4, 0.5) is 5.69 Å². The van der Waals surface area contributed by atoms with E-state index in [1.807, 2.05) is 48.4 Å². The number of nitrogens with zero attached hydrogens (tertiary/aromatic N) is 5. The van der Waals surface area contributed by atoms with Crippen molar-refractivity contribution >= 4 is 21.6 Å². The summed E-state index contributed by atoms with van der Waals surface area (Å²) in [5.74, 6) is 1.16. The first-order valence-corrected chi connectivity index (χ1v) is 14.2. The summed E-state index contributed by atoms with van der Waals surface area (Å²) in [6.07, 6.45) is 5.72. The number of benzene rings is 1. The van der Waals surface area contributed by atoms with Crippen LogP contribution in [0.3, 0.4) is 0 Å². The maximum Gasteiger partial charge on any atom is 0.243 e. The minimum atomic E-state index is -3.66. The summed E-state index contributed by atoms with van der Waals surface area (Å²) in [5, 5.41) is 0. The molecule has 10 heteroatoms. The highest BCUT2D eigenvalue weighted by molar-refractivity contribution is 7.89. The van der Waals surface area contributed by atoms with Gasteiger partial charge in [-0.25, -0.2) is 8.42 Å². The molecule has 0 N–H and O–H groups in total. The van der Waals surface area contributed by atoms with Crippen molar-refractivity contribution in [3.05, 3.63) is 47.8 Å². The molecule has 2 aromatic rings. The molecule has 0 aliphatic carbocycles. The number of aryl methyl sites for hydroxylation is 2. The van der Waals surface area contributed by atoms with Crippen LogP contribution in [0, 0.1) is 19.8 Å². The minimum Gasteiger partial charge on any atom is -0.497 e. The third-order valence-corrected chi connectivity index (χ3v) is 9.30. The van der Waals surface area contributed by atoms with Crippen molar-refractivity contribution in [2.75, 3.05) is 72.4 Å². The number of likely N-dealkylation sites (N-methyl/N-ethyl adjacent to an activating group) is 3. The first kappa shape index (κ1) is 31.5. The number of carbonyl (C=O) groups is 1. The molecule has 0 saturated carbocycles. The Morgan fingerprint density at radius 1 is 1.05 bits per heavy atom. The summed E-state index contributed by atoms with van der Waals surface area (Å²) < 4.78 is 33.1. The Labute approximate surface area is 229 Å². The van der Waals surface area contributed by atoms with Gasteiger partial charge in [-0.1, -0.05) is 7.43 Å². The predicted molar refractivity (Wildman–Crippen MR) is 153 cm³/mol. The second-order valence-electron chi connectivity index (χ2n) is 10.1. The Morgan fingerprint density at radius 3 is 2.18 bits per heavy atom. The van der Waals surface area contributed by atoms with Crippen molar-refractivity contribution in [1.29, 1.82) is 0 Å². The predicted octanol–water partition coefficient (Wildman–Crippen LogP) is 3.27. The Morgan fingerprint density at radius 2 is 1.63 bits per heavy atom. The molecule has 0 radical (unpaired) electrons. The molecule has 1 aliphatic rings. The van der Waals surface area contributed by atoms with E-state index in [-0.39, 0.29) is 26.4 Å². The summed E-state index contributed by atoms with van der Waals surface area (Å²) in [4.78, 5) is 23.3. The zero-order valence-corrected chi connectivity index (χ0v) is 23.8. The Bertz CT molecular complexity index is 1130. The molecular formula is C28H45N5O4S. The highest BCUT2D eigenvalue weighted by Gasteiger charge is 2.26. The lowest BCUT2D eigenvalue weighted by atomic mass is 9.96. The molecule has 0 spiro atoms. The van der Waals surface area contributed by atoms with Crippen LogP contribution in [0.25, 0.3) is 0 Å². The van der Waals surface area contributed by atoms with Gasteiger partial charge < -0.3 is 14.5 Å². The van der Waals surface area contributed by atoms with E-state index in [9.17, 15) is 13.2 Å². The van der Waals surface area contributed by atoms with Crippen LogP contribution in [-0.2, 0) is 14.8 Å². The fourth-order valence-corrected chi connectivity index (χ4v) is 6.44. The number of piperidine rings is 1. The van der Waals surface area contributed by atoms with Crippen LogP contribution < -0.4 is 9.64 Å². The van der Waals surface area contributed by atoms with E-state index in [1.165, 1.54) is 9.99 Å². The normalized spacial score (nSPS) is 14.5. The van der Waals surface area contributed by atoms with E-state index in [1.54, 1.807) is 40.1 Å². The monoisotopic (exact) mass is 547 g/mol. The van der Waals surface area contributed by atoms with Gasteiger partial charge in [0.1, 0.15) is 5.75 Å². The van der Waals surface area contributed by atoms with Crippen LogP contribution >= 0.6 is 0 Å². The molecule has 1 amide bonds. The number of aromatic nitrogens is 1. The lowest BCUT2D eigenvalue weighted by Gasteiger charge is -2.35. The molecule has 212 valence electrons. The zero-order chi connectivity index (χ0) is 27.2. The summed E-state index contributed by atoms with van der Waals surface area (Å²) >= 11 is 0. The van der Waals surface area contributed by atoms with Crippen molar-refractivity contribution in [2.24, 2.45) is 5.92 Å². The Kier molecular flexibility index (Phi) is 11.5. The summed E-state index contributed by atoms with van der Waals surface area (Å²) in [5.41, 5.74) is 2.50. The second-order valence-corrected chi connectivity index (χ2v) is 12.0. The third-order valence-electron chi connectivity index (χ3n) is 7.14. The lowest BCUT2D eigenvalue weighted by Crippen LogP contribution is -2.43. The fraction of sp³-hybridized carbons (Fsp3) is 0.571. The molecule has 1 aromatic carbocycles. The Hall–Kier alpha value is -2.69. The van der Waals surface area contributed by atoms with Gasteiger partial charge >= 0.3 is 0 Å². The van der Waals surface area contributed by atoms with Gasteiger partial charge in [-0.05, 0) is 75.0 Å². The second kappa shape index (κ2) is 13.9. The van der Waals surface area contributed by atoms with Gasteiger partial charge in [0, 0.05) is 64.9 Å². The smallest absolute Gasteiger partial charge is 0.243 e. The van der Waals surface area contributed by atoms with Gasteiger partial charge in [0.25, 0.3) is 0 Å². The lowest BCUT2D eigenvalue weighted by molar-refractivity contribution is -0.131. The van der Waals surface area contributed by atoms with Gasteiger partial charge in [0.2, 0.25) is 15.9 Å². The maximum absolute atomic E-state index is 13.2. The first-order valence-electron chi connectivity index (χ1n) is 12.7. The number of hydrogen-bond acceptors (Lipinski definition) is 7. The molecule has 1 fully saturated rings. The molecule has 0 bridgehead atoms. The highest BCUT2D eigenvalue weighted by atomic mass is 32.2. The van der Waals surface area contributed by atoms with E-state index in [4.69, 9.17) is 4.74 Å². The SMILES string of the molecule is C.COc1cc(C)c(S(=O)(=O)N(C)CCN(C)CC(=O)N(C)CC2CCN(c3ccncc3)CC2)c(C)c1. The van der Waals surface area contributed by atoms with Crippen LogP contribution in [0.2, 0.25) is 0 Å². The molecular weight excluding hydrogens is 502 g/mol. The molecule has 1 saturated heterocycles. The molecule has 1 aromatic heterocycles. The van der Waals surface area contributed by atoms with E-state index in [0.717, 1.165) is 32.5 Å². The van der Waals surface area contributed by atoms with Crippen LogP contribution in [0.1, 0.15) is 31.4 Å². The summed E-state index contributed by atoms with van der Waals surface area (Å²) in [7, 11) is 3.19. The standard InChI is InChI=1S/C27H41N5O4S.CH4/c1-21-17-25(36-6)18-22(2)27(21)37(34,35)31(5)16-15-29(3)20-26(33)30(4)19-23-9-13-32(14-10-23)24-7-11-28-12-8-24;/h7-8,11-12,17-18,23H,9-10,13-16,19-20H2,1-6H3;1H4. The minimum absolute atomic E-state index is 0. The summed E-state index contributed by atoms with van der Waals surface area (Å²) in [6.45, 7) is 7.24. The number of carbonyl (C=O) groups excluding carboxylic acids is 1. The van der Waals surface area contributed by atoms with Crippen molar-refractivity contribution in [2.45, 2.75) is 39.0 Å². The molecule has 1 aliphatic heterocycles. The number of pyridine rings is 1. The molecule has 9 nitrogen and oxygen atoms in total. The van der Waals surface area contributed by atoms with E-state index in [0.29, 0.717) is 34.2 Å². The third kappa shape index (κ3) is 7.91. The maximum atomic E-state index is 13.2. The van der Waals surface area contributed by atoms with Crippen LogP contribution in [-0.4, -0.2) is 101 Å². The fourth-order valence-electron chi connectivity index (χ4n) is 4.87. The van der Waals surface area contributed by atoms with Crippen LogP contribution in [0.15, 0.2) is 41.6 Å². The van der Waals surface area contributed by atoms with Crippen molar-refractivity contribution in [1.82, 2.24) is 19.1 Å². The van der Waals surface area contributed by atoms with E-state index < -0.39 is 10.0 Å². The average molecular weight is 548 g/mol. The quantitative estimate of drug-likeness (QED) is 0.427. The van der Waals surface area contributed by atoms with Gasteiger partial charge in [-0.15, -0.1) is 0 Å². The van der Waals surface area contributed by atoms with Gasteiger partial charge in [0.15, 0.2) is 0 Å². The molecule has 3 rings (SSSR count). The number of sulfonamides is 1. The summed E-state index contributed by atoms with van der Waals surface area (Å²) in [6, 6.07) is 7.54. The highest BCUT2D eigenvalue weighted by Crippen LogP contribution is 2.28.